The Hall–Kier alpha value is -2.87. The molecule has 3 rings (SSSR count). The van der Waals surface area contributed by atoms with E-state index in [2.05, 4.69) is 0 Å². The summed E-state index contributed by atoms with van der Waals surface area (Å²) >= 11 is 7.53. The molecule has 0 atom stereocenters. The van der Waals surface area contributed by atoms with Gasteiger partial charge in [-0.3, -0.25) is 9.59 Å². The summed E-state index contributed by atoms with van der Waals surface area (Å²) in [5, 5.41) is 2.61. The predicted octanol–water partition coefficient (Wildman–Crippen LogP) is 4.79. The number of ether oxygens (including phenoxy) is 2. The molecule has 6 nitrogen and oxygen atoms in total. The van der Waals surface area contributed by atoms with Crippen molar-refractivity contribution in [2.75, 3.05) is 33.4 Å². The van der Waals surface area contributed by atoms with E-state index in [9.17, 15) is 9.59 Å². The number of hydrogen-bond donors (Lipinski definition) is 0. The molecule has 180 valence electrons. The van der Waals surface area contributed by atoms with Gasteiger partial charge in [0, 0.05) is 30.1 Å². The van der Waals surface area contributed by atoms with E-state index in [1.165, 1.54) is 4.90 Å². The van der Waals surface area contributed by atoms with Gasteiger partial charge in [0.05, 0.1) is 19.7 Å². The third-order valence-corrected chi connectivity index (χ3v) is 6.55. The average Bonchev–Trinajstić information content (AvgIpc) is 3.25. The van der Waals surface area contributed by atoms with E-state index in [0.717, 1.165) is 16.0 Å². The molecule has 0 fully saturated rings. The Kier molecular flexibility index (Phi) is 9.94. The van der Waals surface area contributed by atoms with Crippen LogP contribution in [0.25, 0.3) is 0 Å². The second kappa shape index (κ2) is 13.1. The summed E-state index contributed by atoms with van der Waals surface area (Å²) < 4.78 is 10.8. The number of nitrogens with zero attached hydrogens (tertiary/aromatic N) is 2. The van der Waals surface area contributed by atoms with Crippen molar-refractivity contribution in [2.24, 2.45) is 0 Å². The second-order valence-corrected chi connectivity index (χ2v) is 9.25. The van der Waals surface area contributed by atoms with Crippen LogP contribution in [0.1, 0.15) is 16.0 Å². The standard InChI is InChI=1S/C26H29ClN2O4S/c1-20-12-15-34-24(20)17-29(16-21-6-4-3-5-7-21)25(30)18-28(13-14-32-2)26(31)19-33-23-10-8-22(27)9-11-23/h3-12,15H,13-14,16-19H2,1-2H3. The van der Waals surface area contributed by atoms with Crippen LogP contribution in [0.15, 0.2) is 66.0 Å². The largest absolute Gasteiger partial charge is 0.484 e. The molecule has 0 bridgehead atoms. The Balaban J connectivity index is 1.70. The quantitative estimate of drug-likeness (QED) is 0.358. The van der Waals surface area contributed by atoms with Crippen molar-refractivity contribution in [1.82, 2.24) is 9.80 Å². The van der Waals surface area contributed by atoms with Crippen LogP contribution in [-0.2, 0) is 27.4 Å². The lowest BCUT2D eigenvalue weighted by molar-refractivity contribution is -0.142. The summed E-state index contributed by atoms with van der Waals surface area (Å²) in [4.78, 5) is 30.8. The minimum absolute atomic E-state index is 0.0522. The highest BCUT2D eigenvalue weighted by molar-refractivity contribution is 7.10. The van der Waals surface area contributed by atoms with Crippen molar-refractivity contribution >= 4 is 34.8 Å². The van der Waals surface area contributed by atoms with E-state index in [-0.39, 0.29) is 25.0 Å². The fourth-order valence-corrected chi connectivity index (χ4v) is 4.35. The van der Waals surface area contributed by atoms with Gasteiger partial charge in [-0.05, 0) is 53.8 Å². The van der Waals surface area contributed by atoms with Gasteiger partial charge in [-0.25, -0.2) is 0 Å². The first-order chi connectivity index (χ1) is 16.5. The van der Waals surface area contributed by atoms with E-state index in [4.69, 9.17) is 21.1 Å². The van der Waals surface area contributed by atoms with Crippen molar-refractivity contribution in [3.8, 4) is 5.75 Å². The molecule has 34 heavy (non-hydrogen) atoms. The number of carbonyl (C=O) groups excluding carboxylic acids is 2. The Labute approximate surface area is 209 Å². The molecule has 2 amide bonds. The van der Waals surface area contributed by atoms with Crippen LogP contribution >= 0.6 is 22.9 Å². The maximum absolute atomic E-state index is 13.4. The van der Waals surface area contributed by atoms with E-state index < -0.39 is 0 Å². The molecule has 0 unspecified atom stereocenters. The number of hydrogen-bond acceptors (Lipinski definition) is 5. The molecular weight excluding hydrogens is 472 g/mol. The smallest absolute Gasteiger partial charge is 0.261 e. The summed E-state index contributed by atoms with van der Waals surface area (Å²) in [6.07, 6.45) is 0. The van der Waals surface area contributed by atoms with Gasteiger partial charge in [0.15, 0.2) is 6.61 Å². The van der Waals surface area contributed by atoms with E-state index in [1.54, 1.807) is 47.6 Å². The SMILES string of the molecule is COCCN(CC(=O)N(Cc1ccccc1)Cc1sccc1C)C(=O)COc1ccc(Cl)cc1. The van der Waals surface area contributed by atoms with Crippen LogP contribution in [0, 0.1) is 6.92 Å². The van der Waals surface area contributed by atoms with Crippen molar-refractivity contribution in [2.45, 2.75) is 20.0 Å². The fourth-order valence-electron chi connectivity index (χ4n) is 3.30. The Morgan fingerprint density at radius 2 is 1.68 bits per heavy atom. The number of thiophene rings is 1. The molecule has 2 aromatic carbocycles. The number of aryl methyl sites for hydroxylation is 1. The molecule has 0 radical (unpaired) electrons. The number of methoxy groups -OCH3 is 1. The zero-order valence-electron chi connectivity index (χ0n) is 19.4. The van der Waals surface area contributed by atoms with Gasteiger partial charge in [0.1, 0.15) is 5.75 Å². The van der Waals surface area contributed by atoms with Crippen molar-refractivity contribution in [3.05, 3.63) is 87.1 Å². The van der Waals surface area contributed by atoms with Crippen LogP contribution in [0.5, 0.6) is 5.75 Å². The number of carbonyl (C=O) groups is 2. The first-order valence-corrected chi connectivity index (χ1v) is 12.2. The number of halogens is 1. The van der Waals surface area contributed by atoms with Crippen LogP contribution in [0.4, 0.5) is 0 Å². The zero-order chi connectivity index (χ0) is 24.3. The molecule has 0 N–H and O–H groups in total. The molecule has 3 aromatic rings. The van der Waals surface area contributed by atoms with E-state index >= 15 is 0 Å². The number of benzene rings is 2. The molecule has 1 aromatic heterocycles. The lowest BCUT2D eigenvalue weighted by atomic mass is 10.2. The summed E-state index contributed by atoms with van der Waals surface area (Å²) in [5.74, 6) is 0.120. The monoisotopic (exact) mass is 500 g/mol. The third-order valence-electron chi connectivity index (χ3n) is 5.29. The third kappa shape index (κ3) is 7.87. The van der Waals surface area contributed by atoms with Gasteiger partial charge in [-0.2, -0.15) is 0 Å². The molecule has 8 heteroatoms. The fraction of sp³-hybridized carbons (Fsp3) is 0.308. The molecule has 0 spiro atoms. The van der Waals surface area contributed by atoms with Gasteiger partial charge < -0.3 is 19.3 Å². The summed E-state index contributed by atoms with van der Waals surface area (Å²) in [5.41, 5.74) is 2.19. The topological polar surface area (TPSA) is 59.1 Å². The van der Waals surface area contributed by atoms with Crippen LogP contribution in [-0.4, -0.2) is 55.0 Å². The van der Waals surface area contributed by atoms with Crippen molar-refractivity contribution in [3.63, 3.8) is 0 Å². The Bertz CT molecular complexity index is 1060. The van der Waals surface area contributed by atoms with E-state index in [0.29, 0.717) is 37.0 Å². The normalized spacial score (nSPS) is 10.7. The molecule has 1 heterocycles. The molecule has 0 aliphatic heterocycles. The molecule has 0 saturated carbocycles. The highest BCUT2D eigenvalue weighted by atomic mass is 35.5. The molecule has 0 saturated heterocycles. The van der Waals surface area contributed by atoms with Crippen LogP contribution in [0.2, 0.25) is 5.02 Å². The maximum Gasteiger partial charge on any atom is 0.261 e. The first-order valence-electron chi connectivity index (χ1n) is 11.0. The summed E-state index contributed by atoms with van der Waals surface area (Å²) in [6.45, 7) is 3.38. The van der Waals surface area contributed by atoms with Crippen molar-refractivity contribution < 1.29 is 19.1 Å². The van der Waals surface area contributed by atoms with Gasteiger partial charge >= 0.3 is 0 Å². The number of rotatable bonds is 12. The van der Waals surface area contributed by atoms with Crippen molar-refractivity contribution in [1.29, 1.82) is 0 Å². The van der Waals surface area contributed by atoms with Crippen LogP contribution in [0.3, 0.4) is 0 Å². The van der Waals surface area contributed by atoms with Gasteiger partial charge in [0.2, 0.25) is 5.91 Å². The minimum atomic E-state index is -0.285. The lowest BCUT2D eigenvalue weighted by Gasteiger charge is -2.28. The highest BCUT2D eigenvalue weighted by Crippen LogP contribution is 2.20. The second-order valence-electron chi connectivity index (χ2n) is 7.81. The van der Waals surface area contributed by atoms with Crippen LogP contribution < -0.4 is 4.74 Å². The van der Waals surface area contributed by atoms with Gasteiger partial charge in [0.25, 0.3) is 5.91 Å². The minimum Gasteiger partial charge on any atom is -0.484 e. The van der Waals surface area contributed by atoms with Gasteiger partial charge in [-0.15, -0.1) is 11.3 Å². The van der Waals surface area contributed by atoms with E-state index in [1.807, 2.05) is 48.7 Å². The zero-order valence-corrected chi connectivity index (χ0v) is 21.0. The Morgan fingerprint density at radius 3 is 2.32 bits per heavy atom. The van der Waals surface area contributed by atoms with Gasteiger partial charge in [-0.1, -0.05) is 41.9 Å². The molecule has 0 aliphatic carbocycles. The molecule has 0 aliphatic rings. The number of amides is 2. The Morgan fingerprint density at radius 1 is 0.941 bits per heavy atom. The molecular formula is C26H29ClN2O4S. The first kappa shape index (κ1) is 25.7. The average molecular weight is 501 g/mol. The summed E-state index contributed by atoms with van der Waals surface area (Å²) in [6, 6.07) is 18.7. The summed E-state index contributed by atoms with van der Waals surface area (Å²) in [7, 11) is 1.57. The highest BCUT2D eigenvalue weighted by Gasteiger charge is 2.23. The lowest BCUT2D eigenvalue weighted by Crippen LogP contribution is -2.45. The maximum atomic E-state index is 13.4. The predicted molar refractivity (Wildman–Crippen MR) is 135 cm³/mol.